The zero-order valence-corrected chi connectivity index (χ0v) is 12.6. The molecule has 106 valence electrons. The standard InChI is InChI=1S/C15H19N3OS/c1-10(15(19)16-11-7-8-11)18(2)9-14-17-12-5-3-4-6-13(12)20-14/h3-6,10-11H,7-9H2,1-2H3,(H,16,19)/t10-/m0/s1. The Labute approximate surface area is 122 Å². The molecule has 0 unspecified atom stereocenters. The molecule has 0 aliphatic heterocycles. The minimum atomic E-state index is -0.123. The third-order valence-electron chi connectivity index (χ3n) is 3.69. The molecule has 1 aliphatic rings. The van der Waals surface area contributed by atoms with Gasteiger partial charge in [0, 0.05) is 6.04 Å². The van der Waals surface area contributed by atoms with Crippen LogP contribution in [0.1, 0.15) is 24.8 Å². The van der Waals surface area contributed by atoms with E-state index < -0.39 is 0 Å². The molecule has 1 atom stereocenters. The van der Waals surface area contributed by atoms with Gasteiger partial charge in [0.1, 0.15) is 5.01 Å². The fourth-order valence-corrected chi connectivity index (χ4v) is 3.12. The largest absolute Gasteiger partial charge is 0.352 e. The van der Waals surface area contributed by atoms with E-state index in [1.54, 1.807) is 11.3 Å². The molecule has 1 N–H and O–H groups in total. The summed E-state index contributed by atoms with van der Waals surface area (Å²) in [5.41, 5.74) is 1.04. The molecule has 1 aliphatic carbocycles. The number of para-hydroxylation sites is 1. The molecule has 1 amide bonds. The van der Waals surface area contributed by atoms with Gasteiger partial charge in [-0.1, -0.05) is 12.1 Å². The number of likely N-dealkylation sites (N-methyl/N-ethyl adjacent to an activating group) is 1. The molecule has 1 fully saturated rings. The lowest BCUT2D eigenvalue weighted by molar-refractivity contribution is -0.125. The first-order valence-electron chi connectivity index (χ1n) is 6.98. The summed E-state index contributed by atoms with van der Waals surface area (Å²) in [6.45, 7) is 2.66. The average molecular weight is 289 g/mol. The van der Waals surface area contributed by atoms with E-state index in [2.05, 4.69) is 21.3 Å². The molecule has 20 heavy (non-hydrogen) atoms. The van der Waals surface area contributed by atoms with Crippen LogP contribution < -0.4 is 5.32 Å². The summed E-state index contributed by atoms with van der Waals surface area (Å²) in [4.78, 5) is 18.7. The summed E-state index contributed by atoms with van der Waals surface area (Å²) in [7, 11) is 1.98. The highest BCUT2D eigenvalue weighted by molar-refractivity contribution is 7.18. The number of aromatic nitrogens is 1. The maximum atomic E-state index is 12.0. The quantitative estimate of drug-likeness (QED) is 0.919. The normalized spacial score (nSPS) is 16.6. The van der Waals surface area contributed by atoms with Gasteiger partial charge in [-0.3, -0.25) is 9.69 Å². The minimum Gasteiger partial charge on any atom is -0.352 e. The molecule has 0 spiro atoms. The summed E-state index contributed by atoms with van der Waals surface area (Å²) >= 11 is 1.70. The Balaban J connectivity index is 1.64. The van der Waals surface area contributed by atoms with Crippen molar-refractivity contribution < 1.29 is 4.79 Å². The molecule has 5 heteroatoms. The summed E-state index contributed by atoms with van der Waals surface area (Å²) in [5, 5.41) is 4.10. The predicted molar refractivity (Wildman–Crippen MR) is 81.7 cm³/mol. The first kappa shape index (κ1) is 13.5. The Morgan fingerprint density at radius 3 is 2.95 bits per heavy atom. The Kier molecular flexibility index (Phi) is 3.72. The maximum absolute atomic E-state index is 12.0. The van der Waals surface area contributed by atoms with Crippen LogP contribution in [0.5, 0.6) is 0 Å². The van der Waals surface area contributed by atoms with Crippen molar-refractivity contribution in [1.82, 2.24) is 15.2 Å². The van der Waals surface area contributed by atoms with Gasteiger partial charge in [0.2, 0.25) is 5.91 Å². The number of carbonyl (C=O) groups excluding carboxylic acids is 1. The maximum Gasteiger partial charge on any atom is 0.237 e. The number of carbonyl (C=O) groups is 1. The number of nitrogens with zero attached hydrogens (tertiary/aromatic N) is 2. The van der Waals surface area contributed by atoms with E-state index in [0.717, 1.165) is 23.4 Å². The van der Waals surface area contributed by atoms with Gasteiger partial charge in [-0.2, -0.15) is 0 Å². The summed E-state index contributed by atoms with van der Waals surface area (Å²) in [6.07, 6.45) is 2.25. The number of hydrogen-bond acceptors (Lipinski definition) is 4. The van der Waals surface area contributed by atoms with Crippen LogP contribution in [0.2, 0.25) is 0 Å². The third kappa shape index (κ3) is 2.99. The Morgan fingerprint density at radius 2 is 2.25 bits per heavy atom. The second-order valence-corrected chi connectivity index (χ2v) is 6.56. The van der Waals surface area contributed by atoms with Gasteiger partial charge in [-0.25, -0.2) is 4.98 Å². The predicted octanol–water partition coefficient (Wildman–Crippen LogP) is 2.40. The van der Waals surface area contributed by atoms with Crippen LogP contribution in [0.3, 0.4) is 0 Å². The van der Waals surface area contributed by atoms with Crippen molar-refractivity contribution in [2.24, 2.45) is 0 Å². The van der Waals surface area contributed by atoms with Gasteiger partial charge >= 0.3 is 0 Å². The van der Waals surface area contributed by atoms with E-state index in [1.807, 2.05) is 32.2 Å². The van der Waals surface area contributed by atoms with E-state index >= 15 is 0 Å². The van der Waals surface area contributed by atoms with E-state index in [0.29, 0.717) is 12.6 Å². The van der Waals surface area contributed by atoms with Crippen molar-refractivity contribution in [2.75, 3.05) is 7.05 Å². The van der Waals surface area contributed by atoms with Crippen molar-refractivity contribution >= 4 is 27.5 Å². The number of benzene rings is 1. The second kappa shape index (κ2) is 5.50. The van der Waals surface area contributed by atoms with Crippen LogP contribution in [0, 0.1) is 0 Å². The molecule has 1 heterocycles. The van der Waals surface area contributed by atoms with Crippen LogP contribution in [0.25, 0.3) is 10.2 Å². The Hall–Kier alpha value is -1.46. The van der Waals surface area contributed by atoms with Crippen molar-refractivity contribution in [3.05, 3.63) is 29.3 Å². The molecule has 1 saturated carbocycles. The highest BCUT2D eigenvalue weighted by Crippen LogP contribution is 2.23. The lowest BCUT2D eigenvalue weighted by Gasteiger charge is -2.22. The van der Waals surface area contributed by atoms with Crippen LogP contribution in [0.15, 0.2) is 24.3 Å². The first-order valence-corrected chi connectivity index (χ1v) is 7.80. The summed E-state index contributed by atoms with van der Waals surface area (Å²) in [5.74, 6) is 0.121. The van der Waals surface area contributed by atoms with E-state index in [4.69, 9.17) is 0 Å². The molecule has 0 saturated heterocycles. The summed E-state index contributed by atoms with van der Waals surface area (Å²) in [6, 6.07) is 8.43. The molecular formula is C15H19N3OS. The topological polar surface area (TPSA) is 45.2 Å². The van der Waals surface area contributed by atoms with Crippen molar-refractivity contribution in [1.29, 1.82) is 0 Å². The third-order valence-corrected chi connectivity index (χ3v) is 4.71. The van der Waals surface area contributed by atoms with Crippen LogP contribution in [-0.4, -0.2) is 34.9 Å². The fourth-order valence-electron chi connectivity index (χ4n) is 2.09. The van der Waals surface area contributed by atoms with Crippen molar-refractivity contribution in [3.8, 4) is 0 Å². The van der Waals surface area contributed by atoms with Gasteiger partial charge < -0.3 is 5.32 Å². The van der Waals surface area contributed by atoms with Gasteiger partial charge in [-0.05, 0) is 38.9 Å². The molecule has 1 aromatic carbocycles. The van der Waals surface area contributed by atoms with Crippen molar-refractivity contribution in [3.63, 3.8) is 0 Å². The number of rotatable bonds is 5. The van der Waals surface area contributed by atoms with Gasteiger partial charge in [-0.15, -0.1) is 11.3 Å². The zero-order chi connectivity index (χ0) is 14.1. The number of fused-ring (bicyclic) bond motifs is 1. The number of hydrogen-bond donors (Lipinski definition) is 1. The van der Waals surface area contributed by atoms with E-state index in [1.165, 1.54) is 4.70 Å². The monoisotopic (exact) mass is 289 g/mol. The minimum absolute atomic E-state index is 0.121. The number of amides is 1. The zero-order valence-electron chi connectivity index (χ0n) is 11.8. The number of thiazole rings is 1. The highest BCUT2D eigenvalue weighted by atomic mass is 32.1. The molecule has 2 aromatic rings. The first-order chi connectivity index (χ1) is 9.63. The summed E-state index contributed by atoms with van der Waals surface area (Å²) < 4.78 is 1.20. The smallest absolute Gasteiger partial charge is 0.237 e. The van der Waals surface area contributed by atoms with Crippen LogP contribution in [-0.2, 0) is 11.3 Å². The fraction of sp³-hybridized carbons (Fsp3) is 0.467. The van der Waals surface area contributed by atoms with E-state index in [-0.39, 0.29) is 11.9 Å². The van der Waals surface area contributed by atoms with Crippen molar-refractivity contribution in [2.45, 2.75) is 38.4 Å². The second-order valence-electron chi connectivity index (χ2n) is 5.45. The van der Waals surface area contributed by atoms with Crippen LogP contribution >= 0.6 is 11.3 Å². The lowest BCUT2D eigenvalue weighted by atomic mass is 10.2. The highest BCUT2D eigenvalue weighted by Gasteiger charge is 2.27. The SMILES string of the molecule is C[C@@H](C(=O)NC1CC1)N(C)Cc1nc2ccccc2s1. The van der Waals surface area contributed by atoms with Crippen LogP contribution in [0.4, 0.5) is 0 Å². The molecule has 4 nitrogen and oxygen atoms in total. The molecule has 0 radical (unpaired) electrons. The van der Waals surface area contributed by atoms with Gasteiger partial charge in [0.05, 0.1) is 22.8 Å². The van der Waals surface area contributed by atoms with Gasteiger partial charge in [0.25, 0.3) is 0 Å². The van der Waals surface area contributed by atoms with E-state index in [9.17, 15) is 4.79 Å². The number of nitrogens with one attached hydrogen (secondary N) is 1. The average Bonchev–Trinajstić information content (AvgIpc) is 3.15. The molecule has 3 rings (SSSR count). The Morgan fingerprint density at radius 1 is 1.50 bits per heavy atom. The lowest BCUT2D eigenvalue weighted by Crippen LogP contribution is -2.43. The molecule has 0 bridgehead atoms. The van der Waals surface area contributed by atoms with Gasteiger partial charge in [0.15, 0.2) is 0 Å². The Bertz CT molecular complexity index is 587. The molecule has 1 aromatic heterocycles. The molecular weight excluding hydrogens is 270 g/mol.